The van der Waals surface area contributed by atoms with Crippen molar-refractivity contribution in [3.05, 3.63) is 33.6 Å². The molecule has 1 aliphatic heterocycles. The number of rotatable bonds is 9. The number of unbranched alkanes of at least 4 members (excludes halogenated alkanes) is 1. The number of benzene rings is 1. The number of nitro groups is 1. The van der Waals surface area contributed by atoms with Crippen LogP contribution in [0, 0.1) is 10.1 Å². The molecule has 0 unspecified atom stereocenters. The fourth-order valence-corrected chi connectivity index (χ4v) is 5.31. The van der Waals surface area contributed by atoms with Crippen molar-refractivity contribution in [2.24, 2.45) is 0 Å². The number of esters is 1. The average Bonchev–Trinajstić information content (AvgIpc) is 3.17. The van der Waals surface area contributed by atoms with Crippen LogP contribution in [0.5, 0.6) is 0 Å². The van der Waals surface area contributed by atoms with E-state index in [1.54, 1.807) is 13.0 Å². The fraction of sp³-hybridized carbons (Fsp3) is 0.500. The first-order valence-corrected chi connectivity index (χ1v) is 11.8. The van der Waals surface area contributed by atoms with E-state index < -0.39 is 18.8 Å². The zero-order valence-electron chi connectivity index (χ0n) is 17.3. The third-order valence-corrected chi connectivity index (χ3v) is 7.16. The van der Waals surface area contributed by atoms with Gasteiger partial charge in [-0.2, -0.15) is 0 Å². The second kappa shape index (κ2) is 9.99. The Morgan fingerprint density at radius 2 is 2.13 bits per heavy atom. The number of hydrogen-bond acceptors (Lipinski definition) is 11. The van der Waals surface area contributed by atoms with Crippen molar-refractivity contribution in [1.82, 2.24) is 10.3 Å². The van der Waals surface area contributed by atoms with E-state index >= 15 is 0 Å². The Morgan fingerprint density at radius 1 is 1.35 bits per heavy atom. The van der Waals surface area contributed by atoms with Crippen molar-refractivity contribution in [3.8, 4) is 0 Å². The molecular formula is C18H25N4O8P. The Hall–Kier alpha value is -2.82. The zero-order valence-corrected chi connectivity index (χ0v) is 18.3. The molecule has 0 bridgehead atoms. The number of fused-ring (bicyclic) bond motifs is 1. The number of nitro benzene ring substituents is 1. The Bertz CT molecular complexity index is 994. The van der Waals surface area contributed by atoms with E-state index in [-0.39, 0.29) is 11.2 Å². The minimum atomic E-state index is -3.40. The molecule has 0 saturated heterocycles. The van der Waals surface area contributed by atoms with Crippen molar-refractivity contribution < 1.29 is 33.0 Å². The quantitative estimate of drug-likeness (QED) is 0.188. The van der Waals surface area contributed by atoms with E-state index in [4.69, 9.17) is 13.8 Å². The van der Waals surface area contributed by atoms with Crippen LogP contribution in [-0.4, -0.2) is 52.5 Å². The van der Waals surface area contributed by atoms with Crippen LogP contribution in [0.4, 0.5) is 11.4 Å². The van der Waals surface area contributed by atoms with Gasteiger partial charge >= 0.3 is 178 Å². The standard InChI is InChI=1S/C18H25N4O8P/c1-12-13(18(23)27-2)6-5-11-31(26,29-12)28-10-4-3-9-19-14-7-8-15(22(24)25)17-16(14)20-30-21-17/h7-8,19,26,31H,3-6,9-11H2,1-2H3. The van der Waals surface area contributed by atoms with Crippen LogP contribution in [0.2, 0.25) is 0 Å². The molecule has 2 heterocycles. The SMILES string of the molecule is COC(=O)C1=C(C)O[PH](O)(OCCCCNc2ccc([N+](=O)[O-])c3nonc23)CCC1. The molecule has 0 radical (unpaired) electrons. The van der Waals surface area contributed by atoms with Gasteiger partial charge in [0.2, 0.25) is 0 Å². The van der Waals surface area contributed by atoms with Gasteiger partial charge in [0.1, 0.15) is 0 Å². The average molecular weight is 456 g/mol. The van der Waals surface area contributed by atoms with Crippen LogP contribution in [0.1, 0.15) is 32.6 Å². The van der Waals surface area contributed by atoms with Gasteiger partial charge in [-0.1, -0.05) is 0 Å². The number of carbonyl (C=O) groups excluding carboxylic acids is 1. The maximum absolute atomic E-state index is 11.8. The van der Waals surface area contributed by atoms with E-state index in [0.29, 0.717) is 67.5 Å². The molecule has 12 nitrogen and oxygen atoms in total. The molecule has 2 N–H and O–H groups in total. The topological polar surface area (TPSA) is 159 Å². The molecular weight excluding hydrogens is 431 g/mol. The number of hydrogen-bond donors (Lipinski definition) is 2. The van der Waals surface area contributed by atoms with Crippen molar-refractivity contribution >= 4 is 36.3 Å². The van der Waals surface area contributed by atoms with Crippen molar-refractivity contribution in [1.29, 1.82) is 0 Å². The van der Waals surface area contributed by atoms with Crippen LogP contribution in [0.15, 0.2) is 28.1 Å². The normalized spacial score (nSPS) is 17.0. The summed E-state index contributed by atoms with van der Waals surface area (Å²) in [5.74, 6) is -0.104. The summed E-state index contributed by atoms with van der Waals surface area (Å²) in [7, 11) is -2.09. The summed E-state index contributed by atoms with van der Waals surface area (Å²) in [5, 5.41) is 21.5. The molecule has 0 spiro atoms. The molecule has 1 aromatic carbocycles. The Morgan fingerprint density at radius 3 is 2.87 bits per heavy atom. The molecule has 0 fully saturated rings. The number of carbonyl (C=O) groups is 1. The number of aromatic nitrogens is 2. The molecule has 1 aromatic heterocycles. The predicted molar refractivity (Wildman–Crippen MR) is 113 cm³/mol. The number of nitrogens with one attached hydrogen (secondary N) is 1. The molecule has 170 valence electrons. The van der Waals surface area contributed by atoms with E-state index in [0.717, 1.165) is 0 Å². The number of nitrogens with zero attached hydrogens (tertiary/aromatic N) is 3. The molecule has 0 amide bonds. The fourth-order valence-electron chi connectivity index (χ4n) is 3.31. The zero-order chi connectivity index (χ0) is 22.4. The van der Waals surface area contributed by atoms with Gasteiger partial charge in [-0.25, -0.2) is 0 Å². The Kier molecular flexibility index (Phi) is 7.37. The van der Waals surface area contributed by atoms with Crippen molar-refractivity contribution in [2.45, 2.75) is 32.6 Å². The van der Waals surface area contributed by atoms with Gasteiger partial charge < -0.3 is 0 Å². The van der Waals surface area contributed by atoms with Gasteiger partial charge in [0.05, 0.1) is 0 Å². The third kappa shape index (κ3) is 5.46. The Balaban J connectivity index is 1.47. The van der Waals surface area contributed by atoms with E-state index in [1.165, 1.54) is 13.2 Å². The van der Waals surface area contributed by atoms with Gasteiger partial charge in [-0.05, 0) is 0 Å². The maximum atomic E-state index is 11.8. The van der Waals surface area contributed by atoms with E-state index in [2.05, 4.69) is 20.3 Å². The number of methoxy groups -OCH3 is 1. The molecule has 0 saturated carbocycles. The summed E-state index contributed by atoms with van der Waals surface area (Å²) < 4.78 is 20.7. The van der Waals surface area contributed by atoms with Gasteiger partial charge in [-0.15, -0.1) is 0 Å². The van der Waals surface area contributed by atoms with Crippen LogP contribution < -0.4 is 5.32 Å². The molecule has 13 heteroatoms. The molecule has 31 heavy (non-hydrogen) atoms. The molecule has 0 atom stereocenters. The van der Waals surface area contributed by atoms with Gasteiger partial charge in [0.25, 0.3) is 0 Å². The summed E-state index contributed by atoms with van der Waals surface area (Å²) in [4.78, 5) is 33.0. The van der Waals surface area contributed by atoms with Crippen LogP contribution in [0.25, 0.3) is 11.0 Å². The summed E-state index contributed by atoms with van der Waals surface area (Å²) in [5.41, 5.74) is 1.22. The monoisotopic (exact) mass is 456 g/mol. The minimum absolute atomic E-state index is 0.0896. The predicted octanol–water partition coefficient (Wildman–Crippen LogP) is 3.08. The van der Waals surface area contributed by atoms with Gasteiger partial charge in [-0.3, -0.25) is 0 Å². The Labute approximate surface area is 178 Å². The second-order valence-electron chi connectivity index (χ2n) is 7.03. The van der Waals surface area contributed by atoms with Crippen molar-refractivity contribution in [3.63, 3.8) is 0 Å². The number of allylic oxidation sites excluding steroid dienone is 1. The van der Waals surface area contributed by atoms with Gasteiger partial charge in [0, 0.05) is 0 Å². The van der Waals surface area contributed by atoms with Crippen LogP contribution in [0.3, 0.4) is 0 Å². The van der Waals surface area contributed by atoms with E-state index in [9.17, 15) is 19.8 Å². The van der Waals surface area contributed by atoms with Crippen LogP contribution >= 0.6 is 7.94 Å². The van der Waals surface area contributed by atoms with Gasteiger partial charge in [0.15, 0.2) is 0 Å². The molecule has 0 aliphatic carbocycles. The molecule has 1 aliphatic rings. The first-order chi connectivity index (χ1) is 14.8. The number of anilines is 1. The summed E-state index contributed by atoms with van der Waals surface area (Å²) >= 11 is 0. The molecule has 3 rings (SSSR count). The summed E-state index contributed by atoms with van der Waals surface area (Å²) in [6.45, 7) is 2.48. The number of ether oxygens (including phenoxy) is 1. The summed E-state index contributed by atoms with van der Waals surface area (Å²) in [6.07, 6.45) is 2.76. The first-order valence-electron chi connectivity index (χ1n) is 9.81. The number of non-ortho nitro benzene ring substituents is 1. The second-order valence-corrected chi connectivity index (χ2v) is 9.45. The van der Waals surface area contributed by atoms with E-state index in [1.807, 2.05) is 0 Å². The van der Waals surface area contributed by atoms with Crippen molar-refractivity contribution in [2.75, 3.05) is 31.7 Å². The third-order valence-electron chi connectivity index (χ3n) is 4.89. The first kappa shape index (κ1) is 22.9. The van der Waals surface area contributed by atoms with Crippen LogP contribution in [-0.2, 0) is 18.6 Å². The summed E-state index contributed by atoms with van der Waals surface area (Å²) in [6, 6.07) is 2.91. The molecule has 2 aromatic rings.